The molecule has 0 saturated carbocycles. The first-order valence-corrected chi connectivity index (χ1v) is 8.30. The van der Waals surface area contributed by atoms with E-state index in [1.165, 1.54) is 25.0 Å². The summed E-state index contributed by atoms with van der Waals surface area (Å²) in [5, 5.41) is 2.99. The van der Waals surface area contributed by atoms with E-state index in [0.29, 0.717) is 24.6 Å². The van der Waals surface area contributed by atoms with Crippen LogP contribution in [0.1, 0.15) is 52.9 Å². The van der Waals surface area contributed by atoms with Gasteiger partial charge in [0.1, 0.15) is 11.6 Å². The van der Waals surface area contributed by atoms with E-state index in [-0.39, 0.29) is 11.7 Å². The number of amides is 1. The molecule has 0 aliphatic rings. The average Bonchev–Trinajstić information content (AvgIpc) is 2.54. The van der Waals surface area contributed by atoms with Gasteiger partial charge in [-0.3, -0.25) is 4.79 Å². The van der Waals surface area contributed by atoms with E-state index >= 15 is 0 Å². The molecule has 0 aromatic heterocycles. The van der Waals surface area contributed by atoms with Crippen LogP contribution in [0.4, 0.5) is 4.39 Å². The summed E-state index contributed by atoms with van der Waals surface area (Å²) < 4.78 is 18.5. The first-order chi connectivity index (χ1) is 10.6. The third-order valence-corrected chi connectivity index (χ3v) is 3.86. The van der Waals surface area contributed by atoms with Crippen LogP contribution in [0, 0.1) is 11.7 Å². The summed E-state index contributed by atoms with van der Waals surface area (Å²) >= 11 is 0. The molecule has 4 heteroatoms. The maximum atomic E-state index is 12.9. The lowest BCUT2D eigenvalue weighted by atomic mass is 9.99. The fraction of sp³-hybridized carbons (Fsp3) is 0.611. The van der Waals surface area contributed by atoms with Crippen molar-refractivity contribution in [2.45, 2.75) is 59.0 Å². The van der Waals surface area contributed by atoms with Crippen LogP contribution in [0.15, 0.2) is 24.3 Å². The Morgan fingerprint density at radius 1 is 1.18 bits per heavy atom. The highest BCUT2D eigenvalue weighted by Gasteiger charge is 2.19. The number of hydrogen-bond acceptors (Lipinski definition) is 2. The summed E-state index contributed by atoms with van der Waals surface area (Å²) in [6.07, 6.45) is 4.62. The minimum atomic E-state index is -0.533. The van der Waals surface area contributed by atoms with Crippen LogP contribution in [0.3, 0.4) is 0 Å². The van der Waals surface area contributed by atoms with Crippen LogP contribution in [-0.4, -0.2) is 18.6 Å². The number of hydrogen-bond donors (Lipinski definition) is 1. The molecule has 0 radical (unpaired) electrons. The standard InChI is InChI=1S/C18H28FNO2/c1-4-7-8-14(5-2)13-20-18(21)17(6-3)22-16-11-9-15(19)10-12-16/h9-12,14,17H,4-8,13H2,1-3H3,(H,20,21). The van der Waals surface area contributed by atoms with Crippen LogP contribution in [-0.2, 0) is 4.79 Å². The summed E-state index contributed by atoms with van der Waals surface area (Å²) in [6, 6.07) is 5.75. The predicted molar refractivity (Wildman–Crippen MR) is 87.4 cm³/mol. The van der Waals surface area contributed by atoms with Gasteiger partial charge in [-0.1, -0.05) is 40.0 Å². The Kier molecular flexibility index (Phi) is 8.56. The lowest BCUT2D eigenvalue weighted by Crippen LogP contribution is -2.40. The molecule has 1 aromatic carbocycles. The summed E-state index contributed by atoms with van der Waals surface area (Å²) in [6.45, 7) is 6.93. The van der Waals surface area contributed by atoms with Crippen molar-refractivity contribution in [3.63, 3.8) is 0 Å². The van der Waals surface area contributed by atoms with Gasteiger partial charge in [-0.25, -0.2) is 4.39 Å². The minimum Gasteiger partial charge on any atom is -0.481 e. The third-order valence-electron chi connectivity index (χ3n) is 3.86. The Labute approximate surface area is 133 Å². The van der Waals surface area contributed by atoms with Gasteiger partial charge in [-0.05, 0) is 43.0 Å². The van der Waals surface area contributed by atoms with Crippen molar-refractivity contribution in [3.05, 3.63) is 30.1 Å². The molecular weight excluding hydrogens is 281 g/mol. The molecule has 22 heavy (non-hydrogen) atoms. The zero-order valence-corrected chi connectivity index (χ0v) is 13.9. The predicted octanol–water partition coefficient (Wildman–Crippen LogP) is 4.32. The van der Waals surface area contributed by atoms with Crippen molar-refractivity contribution in [1.82, 2.24) is 5.32 Å². The number of halogens is 1. The van der Waals surface area contributed by atoms with E-state index in [1.807, 2.05) is 6.92 Å². The van der Waals surface area contributed by atoms with Crippen molar-refractivity contribution in [2.24, 2.45) is 5.92 Å². The van der Waals surface area contributed by atoms with Crippen molar-refractivity contribution in [2.75, 3.05) is 6.54 Å². The van der Waals surface area contributed by atoms with Crippen LogP contribution >= 0.6 is 0 Å². The molecule has 1 amide bonds. The zero-order valence-electron chi connectivity index (χ0n) is 13.9. The molecule has 0 bridgehead atoms. The Morgan fingerprint density at radius 2 is 1.86 bits per heavy atom. The molecule has 0 spiro atoms. The van der Waals surface area contributed by atoms with Gasteiger partial charge in [0.15, 0.2) is 6.10 Å². The molecule has 0 aliphatic carbocycles. The van der Waals surface area contributed by atoms with Crippen LogP contribution in [0.25, 0.3) is 0 Å². The molecule has 2 atom stereocenters. The van der Waals surface area contributed by atoms with E-state index < -0.39 is 6.10 Å². The Bertz CT molecular complexity index is 433. The second kappa shape index (κ2) is 10.2. The number of carbonyl (C=O) groups is 1. The Hall–Kier alpha value is -1.58. The Morgan fingerprint density at radius 3 is 2.41 bits per heavy atom. The SMILES string of the molecule is CCCCC(CC)CNC(=O)C(CC)Oc1ccc(F)cc1. The van der Waals surface area contributed by atoms with Crippen LogP contribution in [0.2, 0.25) is 0 Å². The van der Waals surface area contributed by atoms with E-state index in [2.05, 4.69) is 19.2 Å². The molecule has 0 heterocycles. The number of rotatable bonds is 10. The van der Waals surface area contributed by atoms with Gasteiger partial charge < -0.3 is 10.1 Å². The molecule has 0 fully saturated rings. The number of nitrogens with one attached hydrogen (secondary N) is 1. The van der Waals surface area contributed by atoms with E-state index in [9.17, 15) is 9.18 Å². The maximum Gasteiger partial charge on any atom is 0.261 e. The van der Waals surface area contributed by atoms with Gasteiger partial charge in [-0.15, -0.1) is 0 Å². The van der Waals surface area contributed by atoms with Gasteiger partial charge in [0.05, 0.1) is 0 Å². The summed E-state index contributed by atoms with van der Waals surface area (Å²) in [4.78, 5) is 12.2. The largest absolute Gasteiger partial charge is 0.481 e. The number of ether oxygens (including phenoxy) is 1. The van der Waals surface area contributed by atoms with Gasteiger partial charge >= 0.3 is 0 Å². The highest BCUT2D eigenvalue weighted by atomic mass is 19.1. The van der Waals surface area contributed by atoms with E-state index in [4.69, 9.17) is 4.74 Å². The molecule has 3 nitrogen and oxygen atoms in total. The highest BCUT2D eigenvalue weighted by Crippen LogP contribution is 2.15. The van der Waals surface area contributed by atoms with E-state index in [0.717, 1.165) is 12.8 Å². The lowest BCUT2D eigenvalue weighted by molar-refractivity contribution is -0.128. The first kappa shape index (κ1) is 18.5. The molecule has 124 valence electrons. The average molecular weight is 309 g/mol. The van der Waals surface area contributed by atoms with Crippen molar-refractivity contribution >= 4 is 5.91 Å². The summed E-state index contributed by atoms with van der Waals surface area (Å²) in [5.74, 6) is 0.627. The molecular formula is C18H28FNO2. The monoisotopic (exact) mass is 309 g/mol. The van der Waals surface area contributed by atoms with Crippen LogP contribution in [0.5, 0.6) is 5.75 Å². The van der Waals surface area contributed by atoms with Gasteiger partial charge in [0, 0.05) is 6.54 Å². The zero-order chi connectivity index (χ0) is 16.4. The summed E-state index contributed by atoms with van der Waals surface area (Å²) in [5.41, 5.74) is 0. The molecule has 1 rings (SSSR count). The smallest absolute Gasteiger partial charge is 0.261 e. The molecule has 0 aliphatic heterocycles. The second-order valence-corrected chi connectivity index (χ2v) is 5.63. The van der Waals surface area contributed by atoms with Gasteiger partial charge in [-0.2, -0.15) is 0 Å². The van der Waals surface area contributed by atoms with E-state index in [1.54, 1.807) is 12.1 Å². The normalized spacial score (nSPS) is 13.5. The lowest BCUT2D eigenvalue weighted by Gasteiger charge is -2.20. The fourth-order valence-electron chi connectivity index (χ4n) is 2.30. The maximum absolute atomic E-state index is 12.9. The number of benzene rings is 1. The fourth-order valence-corrected chi connectivity index (χ4v) is 2.30. The quantitative estimate of drug-likeness (QED) is 0.699. The topological polar surface area (TPSA) is 38.3 Å². The third kappa shape index (κ3) is 6.46. The number of carbonyl (C=O) groups excluding carboxylic acids is 1. The van der Waals surface area contributed by atoms with Gasteiger partial charge in [0.25, 0.3) is 5.91 Å². The number of unbranched alkanes of at least 4 members (excludes halogenated alkanes) is 1. The van der Waals surface area contributed by atoms with Crippen molar-refractivity contribution in [1.29, 1.82) is 0 Å². The summed E-state index contributed by atoms with van der Waals surface area (Å²) in [7, 11) is 0. The molecule has 1 N–H and O–H groups in total. The second-order valence-electron chi connectivity index (χ2n) is 5.63. The highest BCUT2D eigenvalue weighted by molar-refractivity contribution is 5.81. The molecule has 0 saturated heterocycles. The Balaban J connectivity index is 2.48. The minimum absolute atomic E-state index is 0.0956. The van der Waals surface area contributed by atoms with Crippen molar-refractivity contribution < 1.29 is 13.9 Å². The van der Waals surface area contributed by atoms with Crippen LogP contribution < -0.4 is 10.1 Å². The molecule has 2 unspecified atom stereocenters. The van der Waals surface area contributed by atoms with Crippen molar-refractivity contribution in [3.8, 4) is 5.75 Å². The van der Waals surface area contributed by atoms with Gasteiger partial charge in [0.2, 0.25) is 0 Å². The molecule has 1 aromatic rings. The first-order valence-electron chi connectivity index (χ1n) is 8.30.